The molecule has 0 N–H and O–H groups in total. The van der Waals surface area contributed by atoms with E-state index in [-0.39, 0.29) is 0 Å². The molecule has 1 saturated heterocycles. The molecule has 0 aromatic heterocycles. The van der Waals surface area contributed by atoms with E-state index in [1.165, 1.54) is 0 Å². The normalized spacial score (nSPS) is 33.3. The van der Waals surface area contributed by atoms with Gasteiger partial charge in [-0.05, 0) is 26.2 Å². The number of hydrogen-bond donors (Lipinski definition) is 0. The zero-order chi connectivity index (χ0) is 10.8. The molecule has 1 rings (SSSR count). The topological polar surface area (TPSA) is 36.9 Å². The third kappa shape index (κ3) is 3.90. The molecule has 0 aromatic carbocycles. The van der Waals surface area contributed by atoms with Gasteiger partial charge < -0.3 is 16.5 Å². The van der Waals surface area contributed by atoms with Crippen LogP contribution in [0.5, 0.6) is 0 Å². The van der Waals surface area contributed by atoms with Gasteiger partial charge in [-0.15, -0.1) is 6.58 Å². The second kappa shape index (κ2) is 4.53. The van der Waals surface area contributed by atoms with Gasteiger partial charge in [0, 0.05) is 0 Å². The fraction of sp³-hybridized carbons (Fsp3) is 0.667. The Hall–Kier alpha value is 0.448. The summed E-state index contributed by atoms with van der Waals surface area (Å²) in [5.41, 5.74) is 1.79. The lowest BCUT2D eigenvalue weighted by atomic mass is 11.3. The highest BCUT2D eigenvalue weighted by molar-refractivity contribution is 6.85. The van der Waals surface area contributed by atoms with E-state index in [9.17, 15) is 0 Å². The van der Waals surface area contributed by atoms with E-state index in [0.717, 1.165) is 0 Å². The first-order valence-electron chi connectivity index (χ1n) is 4.61. The molecule has 1 heterocycles. The molecule has 4 nitrogen and oxygen atoms in total. The fourth-order valence-corrected chi connectivity index (χ4v) is 14.1. The Balaban J connectivity index is 2.70. The maximum absolute atomic E-state index is 5.97. The summed E-state index contributed by atoms with van der Waals surface area (Å²) in [6.07, 6.45) is 0. The van der Waals surface area contributed by atoms with Crippen LogP contribution in [0, 0.1) is 0 Å². The summed E-state index contributed by atoms with van der Waals surface area (Å²) in [5, 5.41) is 0. The average molecular weight is 267 g/mol. The molecule has 1 unspecified atom stereocenters. The Kier molecular flexibility index (Phi) is 4.05. The minimum Gasteiger partial charge on any atom is -0.420 e. The van der Waals surface area contributed by atoms with Gasteiger partial charge in [0.25, 0.3) is 10.0 Å². The van der Waals surface area contributed by atoms with E-state index in [2.05, 4.69) is 6.58 Å². The van der Waals surface area contributed by atoms with Gasteiger partial charge in [-0.3, -0.25) is 0 Å². The van der Waals surface area contributed by atoms with E-state index in [4.69, 9.17) is 16.5 Å². The van der Waals surface area contributed by atoms with Gasteiger partial charge in [0.1, 0.15) is 0 Å². The number of hydrogen-bond acceptors (Lipinski definition) is 4. The lowest BCUT2D eigenvalue weighted by Gasteiger charge is -2.37. The molecule has 0 aliphatic carbocycles. The van der Waals surface area contributed by atoms with Crippen LogP contribution in [0.2, 0.25) is 26.2 Å². The van der Waals surface area contributed by atoms with Crippen molar-refractivity contribution in [2.75, 3.05) is 0 Å². The molecular formula is C6H18O4Si4. The van der Waals surface area contributed by atoms with Crippen molar-refractivity contribution in [1.29, 1.82) is 0 Å². The Bertz CT molecular complexity index is 220. The molecule has 1 aliphatic rings. The third-order valence-corrected chi connectivity index (χ3v) is 14.4. The minimum absolute atomic E-state index is 0.935. The standard InChI is InChI=1S/C6H18O4Si4/c1-6-12-7-11-8-13(2,3)10-14(4,5)9-12/h6,12H,1,11H2,2-5H3. The second-order valence-corrected chi connectivity index (χ2v) is 15.3. The quantitative estimate of drug-likeness (QED) is 0.645. The predicted octanol–water partition coefficient (Wildman–Crippen LogP) is 0.414. The lowest BCUT2D eigenvalue weighted by Crippen LogP contribution is -2.54. The van der Waals surface area contributed by atoms with E-state index >= 15 is 0 Å². The van der Waals surface area contributed by atoms with E-state index in [0.29, 0.717) is 0 Å². The smallest absolute Gasteiger partial charge is 0.329 e. The van der Waals surface area contributed by atoms with Crippen molar-refractivity contribution >= 4 is 36.4 Å². The predicted molar refractivity (Wildman–Crippen MR) is 65.2 cm³/mol. The molecule has 1 atom stereocenters. The third-order valence-electron chi connectivity index (χ3n) is 1.72. The summed E-state index contributed by atoms with van der Waals surface area (Å²) in [5.74, 6) is 0. The Labute approximate surface area is 91.6 Å². The highest BCUT2D eigenvalue weighted by Gasteiger charge is 2.39. The monoisotopic (exact) mass is 266 g/mol. The largest absolute Gasteiger partial charge is 0.420 e. The molecule has 0 saturated carbocycles. The maximum atomic E-state index is 5.97. The molecule has 1 fully saturated rings. The van der Waals surface area contributed by atoms with Gasteiger partial charge >= 0.3 is 26.4 Å². The number of rotatable bonds is 1. The van der Waals surface area contributed by atoms with Crippen LogP contribution in [-0.2, 0) is 16.5 Å². The maximum Gasteiger partial charge on any atom is 0.329 e. The van der Waals surface area contributed by atoms with Gasteiger partial charge in [0.15, 0.2) is 0 Å². The molecule has 0 bridgehead atoms. The minimum atomic E-state index is -2.07. The summed E-state index contributed by atoms with van der Waals surface area (Å²) >= 11 is 0. The molecule has 8 heteroatoms. The zero-order valence-corrected chi connectivity index (χ0v) is 13.8. The van der Waals surface area contributed by atoms with Gasteiger partial charge in [-0.2, -0.15) is 0 Å². The van der Waals surface area contributed by atoms with Crippen molar-refractivity contribution in [2.45, 2.75) is 26.2 Å². The van der Waals surface area contributed by atoms with Crippen molar-refractivity contribution < 1.29 is 16.5 Å². The summed E-state index contributed by atoms with van der Waals surface area (Å²) in [4.78, 5) is 0. The molecule has 0 amide bonds. The Morgan fingerprint density at radius 3 is 2.43 bits per heavy atom. The van der Waals surface area contributed by atoms with E-state index in [1.807, 2.05) is 26.2 Å². The second-order valence-electron chi connectivity index (χ2n) is 4.05. The van der Waals surface area contributed by atoms with Crippen LogP contribution in [0.3, 0.4) is 0 Å². The van der Waals surface area contributed by atoms with Crippen molar-refractivity contribution in [3.63, 3.8) is 0 Å². The van der Waals surface area contributed by atoms with Crippen LogP contribution in [0.4, 0.5) is 0 Å². The van der Waals surface area contributed by atoms with Gasteiger partial charge in [0.05, 0.1) is 0 Å². The summed E-state index contributed by atoms with van der Waals surface area (Å²) in [7, 11) is -6.70. The first kappa shape index (κ1) is 12.5. The molecular weight excluding hydrogens is 248 g/mol. The SMILES string of the molecule is C=C[SiH]1O[SiH2]O[Si](C)(C)O[Si](C)(C)O1. The molecule has 14 heavy (non-hydrogen) atoms. The Morgan fingerprint density at radius 2 is 1.86 bits per heavy atom. The van der Waals surface area contributed by atoms with Crippen LogP contribution < -0.4 is 0 Å². The lowest BCUT2D eigenvalue weighted by molar-refractivity contribution is 0.278. The first-order valence-corrected chi connectivity index (χ1v) is 13.0. The van der Waals surface area contributed by atoms with Crippen LogP contribution >= 0.6 is 0 Å². The molecule has 82 valence electrons. The molecule has 1 aliphatic heterocycles. The first-order chi connectivity index (χ1) is 6.35. The van der Waals surface area contributed by atoms with E-state index in [1.54, 1.807) is 5.70 Å². The summed E-state index contributed by atoms with van der Waals surface area (Å²) in [6, 6.07) is 0. The highest BCUT2D eigenvalue weighted by atomic mass is 28.5. The van der Waals surface area contributed by atoms with Crippen LogP contribution in [0.15, 0.2) is 12.3 Å². The zero-order valence-electron chi connectivity index (χ0n) is 9.20. The van der Waals surface area contributed by atoms with Crippen molar-refractivity contribution in [2.24, 2.45) is 0 Å². The molecule has 0 aromatic rings. The van der Waals surface area contributed by atoms with Crippen molar-refractivity contribution in [3.8, 4) is 0 Å². The van der Waals surface area contributed by atoms with E-state index < -0.39 is 36.4 Å². The molecule has 0 spiro atoms. The van der Waals surface area contributed by atoms with Crippen molar-refractivity contribution in [1.82, 2.24) is 0 Å². The fourth-order valence-electron chi connectivity index (χ4n) is 1.32. The van der Waals surface area contributed by atoms with Crippen molar-refractivity contribution in [3.05, 3.63) is 12.3 Å². The van der Waals surface area contributed by atoms with Gasteiger partial charge in [-0.25, -0.2) is 0 Å². The van der Waals surface area contributed by atoms with Gasteiger partial charge in [0.2, 0.25) is 0 Å². The summed E-state index contributed by atoms with van der Waals surface area (Å²) in [6.45, 7) is 11.9. The summed E-state index contributed by atoms with van der Waals surface area (Å²) < 4.78 is 23.2. The van der Waals surface area contributed by atoms with Crippen LogP contribution in [-0.4, -0.2) is 36.4 Å². The molecule has 0 radical (unpaired) electrons. The van der Waals surface area contributed by atoms with Gasteiger partial charge in [-0.1, -0.05) is 5.70 Å². The highest BCUT2D eigenvalue weighted by Crippen LogP contribution is 2.19. The average Bonchev–Trinajstić information content (AvgIpc) is 1.97. The Morgan fingerprint density at radius 1 is 1.21 bits per heavy atom. The van der Waals surface area contributed by atoms with Crippen LogP contribution in [0.25, 0.3) is 0 Å². The van der Waals surface area contributed by atoms with Crippen LogP contribution in [0.1, 0.15) is 0 Å².